The lowest BCUT2D eigenvalue weighted by atomic mass is 9.97. The lowest BCUT2D eigenvalue weighted by Gasteiger charge is -2.38. The maximum atomic E-state index is 13.4. The van der Waals surface area contributed by atoms with E-state index in [-0.39, 0.29) is 19.6 Å². The molecule has 1 aromatic rings. The van der Waals surface area contributed by atoms with Crippen LogP contribution in [0.15, 0.2) is 30.3 Å². The van der Waals surface area contributed by atoms with Crippen LogP contribution >= 0.6 is 12.2 Å². The summed E-state index contributed by atoms with van der Waals surface area (Å²) >= 11 is 4.93. The van der Waals surface area contributed by atoms with Gasteiger partial charge in [-0.05, 0) is 17.8 Å². The van der Waals surface area contributed by atoms with Crippen molar-refractivity contribution >= 4 is 17.3 Å². The average Bonchev–Trinajstić information content (AvgIpc) is 2.57. The van der Waals surface area contributed by atoms with Crippen LogP contribution in [0.2, 0.25) is 0 Å². The molecule has 0 aromatic heterocycles. The predicted octanol–water partition coefficient (Wildman–Crippen LogP) is 1.75. The van der Waals surface area contributed by atoms with Crippen LogP contribution in [-0.2, 0) is 16.1 Å². The number of halogens is 3. The number of hydrogen-bond acceptors (Lipinski definition) is 4. The largest absolute Gasteiger partial charge is 0.417 e. The molecule has 1 saturated heterocycles. The maximum Gasteiger partial charge on any atom is 0.417 e. The van der Waals surface area contributed by atoms with E-state index in [0.29, 0.717) is 10.7 Å². The molecule has 1 aromatic carbocycles. The highest BCUT2D eigenvalue weighted by Gasteiger charge is 2.49. The van der Waals surface area contributed by atoms with Gasteiger partial charge in [0.1, 0.15) is 0 Å². The lowest BCUT2D eigenvalue weighted by Crippen LogP contribution is -2.57. The fourth-order valence-corrected chi connectivity index (χ4v) is 2.72. The van der Waals surface area contributed by atoms with Gasteiger partial charge < -0.3 is 25.2 Å². The second-order valence-electron chi connectivity index (χ2n) is 5.76. The van der Waals surface area contributed by atoms with Crippen LogP contribution in [0.25, 0.3) is 0 Å². The minimum absolute atomic E-state index is 0.102. The Hall–Kier alpha value is -1.42. The third kappa shape index (κ3) is 5.81. The summed E-state index contributed by atoms with van der Waals surface area (Å²) in [6.07, 6.45) is -9.22. The van der Waals surface area contributed by atoms with Gasteiger partial charge in [0.05, 0.1) is 31.5 Å². The van der Waals surface area contributed by atoms with Crippen molar-refractivity contribution < 1.29 is 27.8 Å². The maximum absolute atomic E-state index is 13.4. The SMILES string of the molecule is CNC(=S)N[C@H]1CO[C@H]([C@@H](OCc2ccccc2)C(F)(F)F)C[C@@H]1O. The summed E-state index contributed by atoms with van der Waals surface area (Å²) < 4.78 is 50.5. The van der Waals surface area contributed by atoms with E-state index >= 15 is 0 Å². The summed E-state index contributed by atoms with van der Waals surface area (Å²) in [4.78, 5) is 0. The van der Waals surface area contributed by atoms with Crippen LogP contribution in [0.5, 0.6) is 0 Å². The summed E-state index contributed by atoms with van der Waals surface area (Å²) in [5.41, 5.74) is 0.632. The molecule has 5 nitrogen and oxygen atoms in total. The molecule has 3 N–H and O–H groups in total. The van der Waals surface area contributed by atoms with Crippen molar-refractivity contribution in [1.82, 2.24) is 10.6 Å². The van der Waals surface area contributed by atoms with Crippen molar-refractivity contribution in [1.29, 1.82) is 0 Å². The molecular weight excluding hydrogens is 357 g/mol. The molecule has 0 spiro atoms. The zero-order valence-corrected chi connectivity index (χ0v) is 14.4. The minimum atomic E-state index is -4.60. The molecule has 0 aliphatic carbocycles. The van der Waals surface area contributed by atoms with E-state index in [2.05, 4.69) is 10.6 Å². The smallest absolute Gasteiger partial charge is 0.391 e. The monoisotopic (exact) mass is 378 g/mol. The molecule has 0 radical (unpaired) electrons. The Morgan fingerprint density at radius 3 is 2.64 bits per heavy atom. The topological polar surface area (TPSA) is 62.8 Å². The van der Waals surface area contributed by atoms with E-state index in [1.165, 1.54) is 0 Å². The molecule has 1 fully saturated rings. The fourth-order valence-electron chi connectivity index (χ4n) is 2.57. The van der Waals surface area contributed by atoms with Gasteiger partial charge >= 0.3 is 6.18 Å². The van der Waals surface area contributed by atoms with Gasteiger partial charge in [-0.1, -0.05) is 30.3 Å². The van der Waals surface area contributed by atoms with Gasteiger partial charge in [-0.15, -0.1) is 0 Å². The Balaban J connectivity index is 1.98. The van der Waals surface area contributed by atoms with Crippen molar-refractivity contribution in [2.75, 3.05) is 13.7 Å². The van der Waals surface area contributed by atoms with Gasteiger partial charge in [0.2, 0.25) is 0 Å². The highest BCUT2D eigenvalue weighted by atomic mass is 32.1. The van der Waals surface area contributed by atoms with Crippen LogP contribution < -0.4 is 10.6 Å². The standard InChI is InChI=1S/C16H21F3N2O3S/c1-20-15(25)21-11-9-23-13(7-12(11)22)14(16(17,18)19)24-8-10-5-3-2-4-6-10/h2-6,11-14,22H,7-9H2,1H3,(H2,20,21,25)/t11-,12-,13-,14+/m0/s1. The van der Waals surface area contributed by atoms with Crippen LogP contribution in [0.4, 0.5) is 13.2 Å². The number of hydrogen-bond donors (Lipinski definition) is 3. The third-order valence-electron chi connectivity index (χ3n) is 3.90. The molecule has 1 heterocycles. The highest BCUT2D eigenvalue weighted by molar-refractivity contribution is 7.80. The molecule has 4 atom stereocenters. The second kappa shape index (κ2) is 8.79. The van der Waals surface area contributed by atoms with E-state index in [0.717, 1.165) is 0 Å². The first kappa shape index (κ1) is 19.9. The fraction of sp³-hybridized carbons (Fsp3) is 0.562. The molecule has 9 heteroatoms. The Bertz CT molecular complexity index is 559. The number of thiocarbonyl (C=S) groups is 1. The van der Waals surface area contributed by atoms with E-state index in [1.54, 1.807) is 37.4 Å². The Labute approximate surface area is 149 Å². The zero-order valence-electron chi connectivity index (χ0n) is 13.6. The molecule has 25 heavy (non-hydrogen) atoms. The lowest BCUT2D eigenvalue weighted by molar-refractivity contribution is -0.266. The van der Waals surface area contributed by atoms with Gasteiger partial charge in [0.15, 0.2) is 11.2 Å². The molecular formula is C16H21F3N2O3S. The van der Waals surface area contributed by atoms with Gasteiger partial charge in [0, 0.05) is 13.5 Å². The van der Waals surface area contributed by atoms with Crippen molar-refractivity contribution in [3.63, 3.8) is 0 Å². The van der Waals surface area contributed by atoms with E-state index in [1.807, 2.05) is 0 Å². The summed E-state index contributed by atoms with van der Waals surface area (Å²) in [6.45, 7) is -0.290. The van der Waals surface area contributed by atoms with Crippen molar-refractivity contribution in [3.8, 4) is 0 Å². The predicted molar refractivity (Wildman–Crippen MR) is 90.0 cm³/mol. The third-order valence-corrected chi connectivity index (χ3v) is 4.23. The van der Waals surface area contributed by atoms with Gasteiger partial charge in [-0.3, -0.25) is 0 Å². The van der Waals surface area contributed by atoms with Gasteiger partial charge in [0.25, 0.3) is 0 Å². The van der Waals surface area contributed by atoms with Crippen LogP contribution in [-0.4, -0.2) is 54.4 Å². The Kier molecular flexibility index (Phi) is 7.00. The average molecular weight is 378 g/mol. The van der Waals surface area contributed by atoms with Crippen molar-refractivity contribution in [2.24, 2.45) is 0 Å². The minimum Gasteiger partial charge on any atom is -0.391 e. The first-order valence-electron chi connectivity index (χ1n) is 7.81. The van der Waals surface area contributed by atoms with Crippen molar-refractivity contribution in [3.05, 3.63) is 35.9 Å². The normalized spacial score (nSPS) is 25.2. The number of aliphatic hydroxyl groups is 1. The highest BCUT2D eigenvalue weighted by Crippen LogP contribution is 2.31. The quantitative estimate of drug-likeness (QED) is 0.679. The van der Waals surface area contributed by atoms with E-state index in [9.17, 15) is 18.3 Å². The molecule has 140 valence electrons. The number of nitrogens with one attached hydrogen (secondary N) is 2. The van der Waals surface area contributed by atoms with Crippen LogP contribution in [0.3, 0.4) is 0 Å². The number of aliphatic hydroxyl groups excluding tert-OH is 1. The summed E-state index contributed by atoms with van der Waals surface area (Å²) in [5.74, 6) is 0. The Morgan fingerprint density at radius 1 is 1.40 bits per heavy atom. The van der Waals surface area contributed by atoms with E-state index < -0.39 is 30.5 Å². The van der Waals surface area contributed by atoms with Crippen molar-refractivity contribution in [2.45, 2.75) is 43.6 Å². The molecule has 0 saturated carbocycles. The first-order chi connectivity index (χ1) is 11.8. The molecule has 0 unspecified atom stereocenters. The molecule has 1 aliphatic heterocycles. The molecule has 2 rings (SSSR count). The summed E-state index contributed by atoms with van der Waals surface area (Å²) in [6, 6.07) is 8.02. The molecule has 1 aliphatic rings. The second-order valence-corrected chi connectivity index (χ2v) is 6.17. The summed E-state index contributed by atoms with van der Waals surface area (Å²) in [7, 11) is 1.60. The van der Waals surface area contributed by atoms with Crippen LogP contribution in [0.1, 0.15) is 12.0 Å². The van der Waals surface area contributed by atoms with Gasteiger partial charge in [-0.25, -0.2) is 0 Å². The number of alkyl halides is 3. The summed E-state index contributed by atoms with van der Waals surface area (Å²) in [5, 5.41) is 15.9. The number of rotatable bonds is 5. The number of ether oxygens (including phenoxy) is 2. The molecule has 0 bridgehead atoms. The molecule has 0 amide bonds. The first-order valence-corrected chi connectivity index (χ1v) is 8.22. The zero-order chi connectivity index (χ0) is 18.4. The Morgan fingerprint density at radius 2 is 2.08 bits per heavy atom. The van der Waals surface area contributed by atoms with Gasteiger partial charge in [-0.2, -0.15) is 13.2 Å². The van der Waals surface area contributed by atoms with Crippen LogP contribution in [0, 0.1) is 0 Å². The number of benzene rings is 1. The van der Waals surface area contributed by atoms with E-state index in [4.69, 9.17) is 21.7 Å².